The molecule has 1 fully saturated rings. The number of carbonyl (C=O) groups is 2. The van der Waals surface area contributed by atoms with Gasteiger partial charge in [0.15, 0.2) is 0 Å². The first-order valence-electron chi connectivity index (χ1n) is 12.1. The van der Waals surface area contributed by atoms with Crippen LogP contribution in [0.15, 0.2) is 48.5 Å². The number of aliphatic hydroxyl groups is 1. The van der Waals surface area contributed by atoms with Gasteiger partial charge in [0, 0.05) is 27.9 Å². The number of rotatable bonds is 8. The molecule has 7 heteroatoms. The Hall–Kier alpha value is -2.08. The average Bonchev–Trinajstić information content (AvgIpc) is 2.76. The number of hydrogen-bond acceptors (Lipinski definition) is 3. The Balaban J connectivity index is 2.28. The Bertz CT molecular complexity index is 1070. The van der Waals surface area contributed by atoms with Crippen LogP contribution in [-0.4, -0.2) is 38.6 Å². The molecule has 0 spiro atoms. The standard InChI is InChI=1S/C28H35Cl2NO4/c1-6-23(17(2)27(3,4)35)31-25(18-10-12-20(29)13-11-18)22(19-8-7-9-21(30)14-19)15-28(5,26(31)34)16-24(32)33/h7-14,17,22-23,25,35H,6,15-16H2,1-5H3,(H,32,33)/t17-,22-,23?,25?,28-/m1/s1. The SMILES string of the molecule is CCC([C@@H](C)C(C)(C)O)N1C(=O)[C@@](C)(CC(=O)O)C[C@H](c2cccc(Cl)c2)C1c1ccc(Cl)cc1. The summed E-state index contributed by atoms with van der Waals surface area (Å²) in [5.41, 5.74) is -0.310. The molecule has 3 rings (SSSR count). The molecule has 0 saturated carbocycles. The van der Waals surface area contributed by atoms with Crippen LogP contribution in [0.25, 0.3) is 0 Å². The lowest BCUT2D eigenvalue weighted by Crippen LogP contribution is -2.59. The summed E-state index contributed by atoms with van der Waals surface area (Å²) in [4.78, 5) is 28.0. The van der Waals surface area contributed by atoms with Crippen molar-refractivity contribution in [3.8, 4) is 0 Å². The number of hydrogen-bond donors (Lipinski definition) is 2. The summed E-state index contributed by atoms with van der Waals surface area (Å²) in [5, 5.41) is 21.8. The van der Waals surface area contributed by atoms with Crippen LogP contribution in [-0.2, 0) is 9.59 Å². The Morgan fingerprint density at radius 2 is 1.77 bits per heavy atom. The van der Waals surface area contributed by atoms with E-state index in [0.717, 1.165) is 11.1 Å². The molecule has 2 unspecified atom stereocenters. The maximum atomic E-state index is 14.2. The van der Waals surface area contributed by atoms with E-state index in [9.17, 15) is 19.8 Å². The predicted molar refractivity (Wildman–Crippen MR) is 140 cm³/mol. The molecule has 1 saturated heterocycles. The van der Waals surface area contributed by atoms with Crippen molar-refractivity contribution in [1.82, 2.24) is 4.90 Å². The number of likely N-dealkylation sites (tertiary alicyclic amines) is 1. The smallest absolute Gasteiger partial charge is 0.304 e. The monoisotopic (exact) mass is 519 g/mol. The first-order chi connectivity index (χ1) is 16.3. The van der Waals surface area contributed by atoms with Gasteiger partial charge in [0.1, 0.15) is 0 Å². The van der Waals surface area contributed by atoms with Gasteiger partial charge in [-0.25, -0.2) is 0 Å². The fourth-order valence-electron chi connectivity index (χ4n) is 5.51. The highest BCUT2D eigenvalue weighted by Gasteiger charge is 2.53. The normalized spacial score (nSPS) is 24.8. The summed E-state index contributed by atoms with van der Waals surface area (Å²) in [5.74, 6) is -1.70. The lowest BCUT2D eigenvalue weighted by Gasteiger charge is -2.54. The van der Waals surface area contributed by atoms with Gasteiger partial charge >= 0.3 is 5.97 Å². The van der Waals surface area contributed by atoms with Crippen LogP contribution in [0.3, 0.4) is 0 Å². The zero-order chi connectivity index (χ0) is 26.1. The first-order valence-corrected chi connectivity index (χ1v) is 12.8. The van der Waals surface area contributed by atoms with E-state index in [1.165, 1.54) is 0 Å². The Labute approximate surface area is 218 Å². The zero-order valence-electron chi connectivity index (χ0n) is 21.0. The second-order valence-electron chi connectivity index (χ2n) is 10.6. The summed E-state index contributed by atoms with van der Waals surface area (Å²) in [6.45, 7) is 9.18. The van der Waals surface area contributed by atoms with Crippen molar-refractivity contribution in [2.45, 2.75) is 77.5 Å². The van der Waals surface area contributed by atoms with Gasteiger partial charge in [-0.1, -0.05) is 68.2 Å². The largest absolute Gasteiger partial charge is 0.481 e. The fraction of sp³-hybridized carbons (Fsp3) is 0.500. The van der Waals surface area contributed by atoms with E-state index in [1.54, 1.807) is 39.0 Å². The number of nitrogens with zero attached hydrogens (tertiary/aromatic N) is 1. The molecule has 1 heterocycles. The van der Waals surface area contributed by atoms with E-state index in [-0.39, 0.29) is 36.2 Å². The topological polar surface area (TPSA) is 77.8 Å². The second kappa shape index (κ2) is 10.5. The molecule has 5 nitrogen and oxygen atoms in total. The van der Waals surface area contributed by atoms with E-state index >= 15 is 0 Å². The summed E-state index contributed by atoms with van der Waals surface area (Å²) in [6, 6.07) is 14.3. The molecule has 0 aliphatic carbocycles. The quantitative estimate of drug-likeness (QED) is 0.405. The highest BCUT2D eigenvalue weighted by Crippen LogP contribution is 2.53. The highest BCUT2D eigenvalue weighted by molar-refractivity contribution is 6.30. The zero-order valence-corrected chi connectivity index (χ0v) is 22.5. The molecule has 5 atom stereocenters. The summed E-state index contributed by atoms with van der Waals surface area (Å²) in [7, 11) is 0. The lowest BCUT2D eigenvalue weighted by molar-refractivity contribution is -0.164. The molecule has 1 aliphatic heterocycles. The van der Waals surface area contributed by atoms with Gasteiger partial charge < -0.3 is 15.1 Å². The van der Waals surface area contributed by atoms with E-state index in [0.29, 0.717) is 22.9 Å². The number of benzene rings is 2. The van der Waals surface area contributed by atoms with Gasteiger partial charge in [-0.3, -0.25) is 9.59 Å². The fourth-order valence-corrected chi connectivity index (χ4v) is 5.83. The van der Waals surface area contributed by atoms with Crippen molar-refractivity contribution >= 4 is 35.1 Å². The van der Waals surface area contributed by atoms with Crippen LogP contribution in [0.1, 0.15) is 77.0 Å². The van der Waals surface area contributed by atoms with Crippen molar-refractivity contribution < 1.29 is 19.8 Å². The third-order valence-corrected chi connectivity index (χ3v) is 8.09. The minimum Gasteiger partial charge on any atom is -0.481 e. The van der Waals surface area contributed by atoms with Crippen LogP contribution in [0.2, 0.25) is 10.0 Å². The molecule has 190 valence electrons. The number of carboxylic acid groups (broad SMARTS) is 1. The summed E-state index contributed by atoms with van der Waals surface area (Å²) < 4.78 is 0. The summed E-state index contributed by atoms with van der Waals surface area (Å²) >= 11 is 12.6. The maximum Gasteiger partial charge on any atom is 0.304 e. The van der Waals surface area contributed by atoms with Crippen LogP contribution in [0, 0.1) is 11.3 Å². The molecule has 0 bridgehead atoms. The molecule has 2 aromatic carbocycles. The Morgan fingerprint density at radius 1 is 1.14 bits per heavy atom. The van der Waals surface area contributed by atoms with Gasteiger partial charge in [0.25, 0.3) is 0 Å². The number of amides is 1. The van der Waals surface area contributed by atoms with Crippen molar-refractivity contribution in [1.29, 1.82) is 0 Å². The van der Waals surface area contributed by atoms with Gasteiger partial charge in [0.2, 0.25) is 5.91 Å². The van der Waals surface area contributed by atoms with Crippen molar-refractivity contribution in [2.75, 3.05) is 0 Å². The second-order valence-corrected chi connectivity index (χ2v) is 11.5. The molecule has 1 aliphatic rings. The minimum atomic E-state index is -1.12. The van der Waals surface area contributed by atoms with Crippen LogP contribution >= 0.6 is 23.2 Å². The Morgan fingerprint density at radius 3 is 2.29 bits per heavy atom. The number of halogens is 2. The van der Waals surface area contributed by atoms with Crippen LogP contribution in [0.5, 0.6) is 0 Å². The molecule has 0 radical (unpaired) electrons. The van der Waals surface area contributed by atoms with Crippen molar-refractivity contribution in [3.63, 3.8) is 0 Å². The van der Waals surface area contributed by atoms with Crippen LogP contribution in [0.4, 0.5) is 0 Å². The van der Waals surface area contributed by atoms with Crippen molar-refractivity contribution in [2.24, 2.45) is 11.3 Å². The number of piperidine rings is 1. The number of aliphatic carboxylic acids is 1. The van der Waals surface area contributed by atoms with E-state index in [2.05, 4.69) is 0 Å². The molecular formula is C28H35Cl2NO4. The number of carboxylic acids is 1. The van der Waals surface area contributed by atoms with E-state index < -0.39 is 17.0 Å². The van der Waals surface area contributed by atoms with Gasteiger partial charge in [-0.15, -0.1) is 0 Å². The highest BCUT2D eigenvalue weighted by atomic mass is 35.5. The molecule has 2 N–H and O–H groups in total. The summed E-state index contributed by atoms with van der Waals surface area (Å²) in [6.07, 6.45) is 0.683. The van der Waals surface area contributed by atoms with Gasteiger partial charge in [-0.05, 0) is 62.1 Å². The minimum absolute atomic E-state index is 0.207. The van der Waals surface area contributed by atoms with Crippen molar-refractivity contribution in [3.05, 3.63) is 69.7 Å². The molecule has 0 aromatic heterocycles. The average molecular weight is 520 g/mol. The molecule has 35 heavy (non-hydrogen) atoms. The van der Waals surface area contributed by atoms with Gasteiger partial charge in [0.05, 0.1) is 23.5 Å². The Kier molecular flexibility index (Phi) is 8.25. The maximum absolute atomic E-state index is 14.2. The molecular weight excluding hydrogens is 485 g/mol. The lowest BCUT2D eigenvalue weighted by atomic mass is 9.66. The molecule has 2 aromatic rings. The number of carbonyl (C=O) groups excluding carboxylic acids is 1. The van der Waals surface area contributed by atoms with Gasteiger partial charge in [-0.2, -0.15) is 0 Å². The predicted octanol–water partition coefficient (Wildman–Crippen LogP) is 6.72. The molecule has 1 amide bonds. The van der Waals surface area contributed by atoms with E-state index in [4.69, 9.17) is 23.2 Å². The third-order valence-electron chi connectivity index (χ3n) is 7.60. The third kappa shape index (κ3) is 5.84. The first kappa shape index (κ1) is 27.5. The van der Waals surface area contributed by atoms with Crippen LogP contribution < -0.4 is 0 Å². The van der Waals surface area contributed by atoms with E-state index in [1.807, 2.05) is 49.1 Å².